The number of allylic oxidation sites excluding steroid dienone is 1. The first kappa shape index (κ1) is 7.29. The maximum atomic E-state index is 3.75. The molecule has 0 unspecified atom stereocenters. The third-order valence-corrected chi connectivity index (χ3v) is 2.13. The van der Waals surface area contributed by atoms with Crippen molar-refractivity contribution in [2.75, 3.05) is 0 Å². The molecule has 1 aromatic heterocycles. The molecular weight excluding hydrogens is 146 g/mol. The molecule has 1 heteroatoms. The highest BCUT2D eigenvalue weighted by Gasteiger charge is 2.16. The third kappa shape index (κ3) is 1.07. The van der Waals surface area contributed by atoms with Crippen molar-refractivity contribution in [2.45, 2.75) is 13.5 Å². The Morgan fingerprint density at radius 1 is 1.50 bits per heavy atom. The van der Waals surface area contributed by atoms with Crippen LogP contribution in [0.3, 0.4) is 0 Å². The van der Waals surface area contributed by atoms with Gasteiger partial charge in [-0.05, 0) is 18.6 Å². The number of rotatable bonds is 1. The fraction of sp³-hybridized carbons (Fsp3) is 0.182. The molecule has 0 atom stereocenters. The van der Waals surface area contributed by atoms with Crippen LogP contribution in [0.25, 0.3) is 12.2 Å². The van der Waals surface area contributed by atoms with Crippen molar-refractivity contribution in [1.29, 1.82) is 0 Å². The normalized spacial score (nSPS) is 13.9. The lowest BCUT2D eigenvalue weighted by Crippen LogP contribution is -2.33. The van der Waals surface area contributed by atoms with E-state index < -0.39 is 0 Å². The van der Waals surface area contributed by atoms with E-state index in [9.17, 15) is 0 Å². The standard InChI is InChI=1S/C11H12N/c1-3-10-4-5-11-6-9(2)7-12(11)8-10/h3-6,8H,1,7H2,2H3/q+1. The van der Waals surface area contributed by atoms with Gasteiger partial charge in [-0.1, -0.05) is 12.7 Å². The van der Waals surface area contributed by atoms with E-state index in [0.717, 1.165) is 6.54 Å². The molecule has 0 fully saturated rings. The summed E-state index contributed by atoms with van der Waals surface area (Å²) in [6.45, 7) is 6.92. The maximum absolute atomic E-state index is 3.75. The van der Waals surface area contributed by atoms with Gasteiger partial charge in [-0.3, -0.25) is 0 Å². The molecule has 0 bridgehead atoms. The zero-order valence-electron chi connectivity index (χ0n) is 7.25. The van der Waals surface area contributed by atoms with Crippen LogP contribution < -0.4 is 4.57 Å². The third-order valence-electron chi connectivity index (χ3n) is 2.13. The van der Waals surface area contributed by atoms with Gasteiger partial charge >= 0.3 is 0 Å². The van der Waals surface area contributed by atoms with Crippen molar-refractivity contribution in [3.8, 4) is 0 Å². The molecular formula is C11H12N+. The van der Waals surface area contributed by atoms with Gasteiger partial charge in [-0.25, -0.2) is 0 Å². The molecule has 0 spiro atoms. The second kappa shape index (κ2) is 2.59. The Morgan fingerprint density at radius 2 is 2.33 bits per heavy atom. The zero-order valence-corrected chi connectivity index (χ0v) is 7.25. The lowest BCUT2D eigenvalue weighted by atomic mass is 10.2. The van der Waals surface area contributed by atoms with Crippen LogP contribution in [0.1, 0.15) is 18.2 Å². The first-order valence-electron chi connectivity index (χ1n) is 4.13. The van der Waals surface area contributed by atoms with Crippen LogP contribution >= 0.6 is 0 Å². The lowest BCUT2D eigenvalue weighted by Gasteiger charge is -1.93. The Balaban J connectivity index is 2.49. The van der Waals surface area contributed by atoms with Gasteiger partial charge in [0.1, 0.15) is 0 Å². The summed E-state index contributed by atoms with van der Waals surface area (Å²) in [4.78, 5) is 0. The highest BCUT2D eigenvalue weighted by atomic mass is 15.0. The smallest absolute Gasteiger partial charge is 0.194 e. The van der Waals surface area contributed by atoms with Crippen molar-refractivity contribution < 1.29 is 4.57 Å². The van der Waals surface area contributed by atoms with Gasteiger partial charge in [0, 0.05) is 17.7 Å². The molecule has 0 saturated carbocycles. The Labute approximate surface area is 72.7 Å². The molecule has 0 amide bonds. The van der Waals surface area contributed by atoms with Crippen molar-refractivity contribution in [3.05, 3.63) is 41.7 Å². The summed E-state index contributed by atoms with van der Waals surface area (Å²) in [7, 11) is 0. The monoisotopic (exact) mass is 158 g/mol. The number of fused-ring (bicyclic) bond motifs is 1. The molecule has 2 heterocycles. The van der Waals surface area contributed by atoms with E-state index in [0.29, 0.717) is 0 Å². The highest BCUT2D eigenvalue weighted by Crippen LogP contribution is 2.11. The molecule has 60 valence electrons. The summed E-state index contributed by atoms with van der Waals surface area (Å²) < 4.78 is 2.24. The molecule has 1 aliphatic heterocycles. The molecule has 1 nitrogen and oxygen atoms in total. The predicted octanol–water partition coefficient (Wildman–Crippen LogP) is 2.03. The Kier molecular flexibility index (Phi) is 1.58. The van der Waals surface area contributed by atoms with Crippen molar-refractivity contribution in [3.63, 3.8) is 0 Å². The number of hydrogen-bond donors (Lipinski definition) is 0. The summed E-state index contributed by atoms with van der Waals surface area (Å²) in [5.74, 6) is 0. The molecule has 0 radical (unpaired) electrons. The zero-order chi connectivity index (χ0) is 8.55. The summed E-state index contributed by atoms with van der Waals surface area (Å²) in [5, 5.41) is 0. The van der Waals surface area contributed by atoms with Crippen LogP contribution in [0.4, 0.5) is 0 Å². The van der Waals surface area contributed by atoms with Gasteiger partial charge in [-0.2, -0.15) is 4.57 Å². The maximum Gasteiger partial charge on any atom is 0.205 e. The molecule has 1 aliphatic rings. The Morgan fingerprint density at radius 3 is 3.08 bits per heavy atom. The van der Waals surface area contributed by atoms with Crippen LogP contribution in [0.2, 0.25) is 0 Å². The van der Waals surface area contributed by atoms with Crippen LogP contribution in [0, 0.1) is 0 Å². The van der Waals surface area contributed by atoms with Crippen LogP contribution in [-0.2, 0) is 6.54 Å². The van der Waals surface area contributed by atoms with E-state index in [4.69, 9.17) is 0 Å². The summed E-state index contributed by atoms with van der Waals surface area (Å²) in [6.07, 6.45) is 6.23. The second-order valence-corrected chi connectivity index (χ2v) is 3.21. The fourth-order valence-corrected chi connectivity index (χ4v) is 1.53. The molecule has 0 aromatic carbocycles. The average molecular weight is 158 g/mol. The van der Waals surface area contributed by atoms with Crippen molar-refractivity contribution in [2.24, 2.45) is 0 Å². The van der Waals surface area contributed by atoms with E-state index in [2.05, 4.69) is 42.5 Å². The first-order valence-corrected chi connectivity index (χ1v) is 4.13. The van der Waals surface area contributed by atoms with Crippen LogP contribution in [0.5, 0.6) is 0 Å². The minimum absolute atomic E-state index is 1.02. The van der Waals surface area contributed by atoms with E-state index in [1.165, 1.54) is 16.8 Å². The SMILES string of the molecule is C=Cc1ccc2[n+](c1)CC(C)=C2. The molecule has 0 saturated heterocycles. The topological polar surface area (TPSA) is 3.88 Å². The minimum Gasteiger partial charge on any atom is -0.194 e. The summed E-state index contributed by atoms with van der Waals surface area (Å²) >= 11 is 0. The van der Waals surface area contributed by atoms with E-state index in [-0.39, 0.29) is 0 Å². The number of hydrogen-bond acceptors (Lipinski definition) is 0. The Bertz CT molecular complexity index is 361. The van der Waals surface area contributed by atoms with E-state index in [1.54, 1.807) is 0 Å². The molecule has 12 heavy (non-hydrogen) atoms. The van der Waals surface area contributed by atoms with Gasteiger partial charge in [0.05, 0.1) is 0 Å². The number of aromatic nitrogens is 1. The van der Waals surface area contributed by atoms with Crippen LogP contribution in [-0.4, -0.2) is 0 Å². The lowest BCUT2D eigenvalue weighted by molar-refractivity contribution is -0.686. The van der Waals surface area contributed by atoms with Gasteiger partial charge in [0.2, 0.25) is 5.69 Å². The summed E-state index contributed by atoms with van der Waals surface area (Å²) in [6, 6.07) is 4.22. The quantitative estimate of drug-likeness (QED) is 0.551. The second-order valence-electron chi connectivity index (χ2n) is 3.21. The molecule has 2 rings (SSSR count). The fourth-order valence-electron chi connectivity index (χ4n) is 1.53. The van der Waals surface area contributed by atoms with Gasteiger partial charge in [0.25, 0.3) is 0 Å². The van der Waals surface area contributed by atoms with E-state index in [1.807, 2.05) is 6.08 Å². The Hall–Kier alpha value is -1.37. The van der Waals surface area contributed by atoms with Gasteiger partial charge in [0.15, 0.2) is 12.7 Å². The van der Waals surface area contributed by atoms with Crippen molar-refractivity contribution in [1.82, 2.24) is 0 Å². The van der Waals surface area contributed by atoms with Crippen molar-refractivity contribution >= 4 is 12.2 Å². The molecule has 1 aromatic rings. The minimum atomic E-state index is 1.02. The summed E-state index contributed by atoms with van der Waals surface area (Å²) in [5.41, 5.74) is 3.89. The number of pyridine rings is 1. The van der Waals surface area contributed by atoms with E-state index >= 15 is 0 Å². The largest absolute Gasteiger partial charge is 0.205 e. The molecule has 0 aliphatic carbocycles. The predicted molar refractivity (Wildman–Crippen MR) is 50.4 cm³/mol. The van der Waals surface area contributed by atoms with Gasteiger partial charge in [-0.15, -0.1) is 0 Å². The average Bonchev–Trinajstić information content (AvgIpc) is 2.43. The van der Waals surface area contributed by atoms with Gasteiger partial charge < -0.3 is 0 Å². The number of nitrogens with zero attached hydrogens (tertiary/aromatic N) is 1. The molecule has 0 N–H and O–H groups in total. The van der Waals surface area contributed by atoms with Crippen LogP contribution in [0.15, 0.2) is 30.5 Å². The first-order chi connectivity index (χ1) is 5.79. The highest BCUT2D eigenvalue weighted by molar-refractivity contribution is 5.51.